The van der Waals surface area contributed by atoms with E-state index in [2.05, 4.69) is 34.4 Å². The molecule has 1 N–H and O–H groups in total. The predicted molar refractivity (Wildman–Crippen MR) is 151 cm³/mol. The third kappa shape index (κ3) is 6.00. The molecule has 2 heterocycles. The van der Waals surface area contributed by atoms with Crippen molar-refractivity contribution in [1.82, 2.24) is 19.1 Å². The number of aromatic nitrogens is 4. The molecule has 0 fully saturated rings. The summed E-state index contributed by atoms with van der Waals surface area (Å²) >= 11 is 0. The van der Waals surface area contributed by atoms with Gasteiger partial charge in [0, 0.05) is 52.6 Å². The number of benzene rings is 2. The molecule has 0 bridgehead atoms. The first-order valence-electron chi connectivity index (χ1n) is 13.3. The maximum atomic E-state index is 12.2. The second kappa shape index (κ2) is 12.9. The molecule has 4 rings (SSSR count). The molecule has 2 aromatic heterocycles. The number of rotatable bonds is 14. The Balaban J connectivity index is 1.87. The molecule has 0 radical (unpaired) electrons. The van der Waals surface area contributed by atoms with Crippen molar-refractivity contribution in [3.63, 3.8) is 0 Å². The zero-order chi connectivity index (χ0) is 27.1. The van der Waals surface area contributed by atoms with Gasteiger partial charge < -0.3 is 28.7 Å². The lowest BCUT2D eigenvalue weighted by Crippen LogP contribution is -2.12. The van der Waals surface area contributed by atoms with Gasteiger partial charge in [0.25, 0.3) is 0 Å². The van der Waals surface area contributed by atoms with E-state index in [1.807, 2.05) is 30.3 Å². The Bertz CT molecular complexity index is 1370. The molecule has 0 saturated carbocycles. The lowest BCUT2D eigenvalue weighted by atomic mass is 10.1. The molecule has 0 atom stereocenters. The number of hydrogen-bond donors (Lipinski definition) is 1. The minimum atomic E-state index is -0.368. The zero-order valence-corrected chi connectivity index (χ0v) is 23.1. The maximum absolute atomic E-state index is 12.2. The number of aryl methyl sites for hydroxylation is 2. The number of methoxy groups -OCH3 is 3. The maximum Gasteiger partial charge on any atom is 0.337 e. The molecule has 38 heavy (non-hydrogen) atoms. The van der Waals surface area contributed by atoms with E-state index in [9.17, 15) is 4.79 Å². The van der Waals surface area contributed by atoms with Gasteiger partial charge in [-0.3, -0.25) is 0 Å². The largest absolute Gasteiger partial charge is 0.465 e. The minimum Gasteiger partial charge on any atom is -0.465 e. The van der Waals surface area contributed by atoms with E-state index in [1.165, 1.54) is 7.11 Å². The predicted octanol–water partition coefficient (Wildman–Crippen LogP) is 5.37. The Labute approximate surface area is 224 Å². The van der Waals surface area contributed by atoms with E-state index >= 15 is 0 Å². The number of nitrogens with one attached hydrogen (secondary N) is 1. The van der Waals surface area contributed by atoms with Crippen molar-refractivity contribution < 1.29 is 19.0 Å². The SMILES string of the molecule is COCCCNc1nc2cccc(-c3nc4cc(C(=O)OC)ccc4n3CCC(C)C)c2n1CCCOC. The average Bonchev–Trinajstić information content (AvgIpc) is 3.47. The van der Waals surface area contributed by atoms with Crippen LogP contribution in [0.15, 0.2) is 36.4 Å². The van der Waals surface area contributed by atoms with Gasteiger partial charge in [-0.15, -0.1) is 0 Å². The molecule has 0 amide bonds. The minimum absolute atomic E-state index is 0.368. The van der Waals surface area contributed by atoms with Crippen LogP contribution in [0.4, 0.5) is 5.95 Å². The number of nitrogens with zero attached hydrogens (tertiary/aromatic N) is 4. The van der Waals surface area contributed by atoms with Crippen LogP contribution in [0.2, 0.25) is 0 Å². The lowest BCUT2D eigenvalue weighted by Gasteiger charge is -2.15. The van der Waals surface area contributed by atoms with Crippen molar-refractivity contribution in [2.24, 2.45) is 5.92 Å². The smallest absolute Gasteiger partial charge is 0.337 e. The third-order valence-corrected chi connectivity index (χ3v) is 6.65. The highest BCUT2D eigenvalue weighted by Crippen LogP contribution is 2.34. The zero-order valence-electron chi connectivity index (χ0n) is 23.1. The van der Waals surface area contributed by atoms with Gasteiger partial charge in [-0.1, -0.05) is 19.9 Å². The second-order valence-electron chi connectivity index (χ2n) is 9.84. The van der Waals surface area contributed by atoms with Crippen molar-refractivity contribution in [3.8, 4) is 11.4 Å². The molecule has 9 heteroatoms. The molecular weight excluding hydrogens is 482 g/mol. The fourth-order valence-electron chi connectivity index (χ4n) is 4.70. The highest BCUT2D eigenvalue weighted by Gasteiger charge is 2.21. The molecule has 2 aromatic carbocycles. The highest BCUT2D eigenvalue weighted by molar-refractivity contribution is 5.97. The quantitative estimate of drug-likeness (QED) is 0.176. The Hall–Kier alpha value is -3.43. The van der Waals surface area contributed by atoms with Gasteiger partial charge in [0.2, 0.25) is 5.95 Å². The van der Waals surface area contributed by atoms with E-state index < -0.39 is 0 Å². The molecule has 204 valence electrons. The van der Waals surface area contributed by atoms with Gasteiger partial charge in [-0.05, 0) is 55.5 Å². The van der Waals surface area contributed by atoms with Crippen LogP contribution in [-0.2, 0) is 27.3 Å². The van der Waals surface area contributed by atoms with Gasteiger partial charge in [0.05, 0.1) is 34.7 Å². The summed E-state index contributed by atoms with van der Waals surface area (Å²) in [5.41, 5.74) is 5.21. The first-order valence-corrected chi connectivity index (χ1v) is 13.3. The number of hydrogen-bond acceptors (Lipinski definition) is 7. The van der Waals surface area contributed by atoms with Crippen molar-refractivity contribution in [2.45, 2.75) is 46.2 Å². The standard InChI is InChI=1S/C29H39N5O4/c1-20(2)13-16-33-25-12-11-21(28(35)38-5)19-24(25)31-27(33)22-9-6-10-23-26(22)34(15-8-18-37-4)29(32-23)30-14-7-17-36-3/h6,9-12,19-20H,7-8,13-18H2,1-5H3,(H,30,32). The van der Waals surface area contributed by atoms with Crippen LogP contribution in [0.1, 0.15) is 43.5 Å². The Morgan fingerprint density at radius 3 is 2.47 bits per heavy atom. The molecule has 0 aliphatic carbocycles. The summed E-state index contributed by atoms with van der Waals surface area (Å²) in [5.74, 6) is 1.87. The van der Waals surface area contributed by atoms with Crippen LogP contribution in [0.25, 0.3) is 33.5 Å². The normalized spacial score (nSPS) is 11.6. The van der Waals surface area contributed by atoms with Gasteiger partial charge in [0.1, 0.15) is 5.82 Å². The van der Waals surface area contributed by atoms with Crippen LogP contribution in [-0.4, -0.2) is 66.2 Å². The number of esters is 1. The van der Waals surface area contributed by atoms with Crippen molar-refractivity contribution in [1.29, 1.82) is 0 Å². The van der Waals surface area contributed by atoms with Crippen molar-refractivity contribution in [2.75, 3.05) is 46.4 Å². The van der Waals surface area contributed by atoms with Crippen molar-refractivity contribution in [3.05, 3.63) is 42.0 Å². The Morgan fingerprint density at radius 2 is 1.74 bits per heavy atom. The number of ether oxygens (including phenoxy) is 3. The number of anilines is 1. The summed E-state index contributed by atoms with van der Waals surface area (Å²) in [4.78, 5) is 22.2. The summed E-state index contributed by atoms with van der Waals surface area (Å²) in [5, 5.41) is 3.50. The molecule has 4 aromatic rings. The fourth-order valence-corrected chi connectivity index (χ4v) is 4.70. The van der Waals surface area contributed by atoms with E-state index in [-0.39, 0.29) is 5.97 Å². The molecule has 9 nitrogen and oxygen atoms in total. The number of para-hydroxylation sites is 1. The highest BCUT2D eigenvalue weighted by atomic mass is 16.5. The molecule has 0 unspecified atom stereocenters. The van der Waals surface area contributed by atoms with Crippen LogP contribution in [0.5, 0.6) is 0 Å². The molecule has 0 aliphatic rings. The van der Waals surface area contributed by atoms with Gasteiger partial charge in [0.15, 0.2) is 0 Å². The topological polar surface area (TPSA) is 92.4 Å². The molecule has 0 saturated heterocycles. The summed E-state index contributed by atoms with van der Waals surface area (Å²) in [6.07, 6.45) is 2.75. The lowest BCUT2D eigenvalue weighted by molar-refractivity contribution is 0.0601. The first-order chi connectivity index (χ1) is 18.5. The molecular formula is C29H39N5O4. The van der Waals surface area contributed by atoms with E-state index in [0.717, 1.165) is 78.3 Å². The third-order valence-electron chi connectivity index (χ3n) is 6.65. The molecule has 0 spiro atoms. The number of fused-ring (bicyclic) bond motifs is 2. The second-order valence-corrected chi connectivity index (χ2v) is 9.84. The Morgan fingerprint density at radius 1 is 0.947 bits per heavy atom. The fraction of sp³-hybridized carbons (Fsp3) is 0.483. The first kappa shape index (κ1) is 27.6. The summed E-state index contributed by atoms with van der Waals surface area (Å²) in [7, 11) is 4.83. The van der Waals surface area contributed by atoms with Gasteiger partial charge in [-0.25, -0.2) is 14.8 Å². The number of carbonyl (C=O) groups excluding carboxylic acids is 1. The van der Waals surface area contributed by atoms with Crippen molar-refractivity contribution >= 4 is 34.0 Å². The van der Waals surface area contributed by atoms with Crippen LogP contribution < -0.4 is 5.32 Å². The van der Waals surface area contributed by atoms with E-state index in [4.69, 9.17) is 24.2 Å². The monoisotopic (exact) mass is 521 g/mol. The molecule has 0 aliphatic heterocycles. The van der Waals surface area contributed by atoms with E-state index in [1.54, 1.807) is 14.2 Å². The summed E-state index contributed by atoms with van der Waals surface area (Å²) < 4.78 is 20.0. The number of imidazole rings is 2. The van der Waals surface area contributed by atoms with E-state index in [0.29, 0.717) is 24.7 Å². The number of carbonyl (C=O) groups is 1. The van der Waals surface area contributed by atoms with Crippen LogP contribution >= 0.6 is 0 Å². The summed E-state index contributed by atoms with van der Waals surface area (Å²) in [6.45, 7) is 8.14. The van der Waals surface area contributed by atoms with Gasteiger partial charge >= 0.3 is 5.97 Å². The van der Waals surface area contributed by atoms with Crippen LogP contribution in [0, 0.1) is 5.92 Å². The van der Waals surface area contributed by atoms with Gasteiger partial charge in [-0.2, -0.15) is 0 Å². The van der Waals surface area contributed by atoms with Crippen LogP contribution in [0.3, 0.4) is 0 Å². The average molecular weight is 522 g/mol. The Kier molecular flexibility index (Phi) is 9.36. The summed E-state index contributed by atoms with van der Waals surface area (Å²) in [6, 6.07) is 11.8.